The molecule has 27 heavy (non-hydrogen) atoms. The van der Waals surface area contributed by atoms with Crippen LogP contribution in [0.1, 0.15) is 29.6 Å². The minimum atomic E-state index is -3.83. The number of nitrogens with one attached hydrogen (secondary N) is 1. The first kappa shape index (κ1) is 19.3. The highest BCUT2D eigenvalue weighted by molar-refractivity contribution is 7.89. The number of carbonyl (C=O) groups excluding carboxylic acids is 2. The first-order valence-corrected chi connectivity index (χ1v) is 10.2. The van der Waals surface area contributed by atoms with E-state index in [0.29, 0.717) is 13.0 Å². The number of rotatable bonds is 4. The van der Waals surface area contributed by atoms with Crippen LogP contribution in [0.5, 0.6) is 0 Å². The molecule has 2 aliphatic heterocycles. The van der Waals surface area contributed by atoms with Crippen LogP contribution in [0.2, 0.25) is 0 Å². The fourth-order valence-electron chi connectivity index (χ4n) is 3.34. The summed E-state index contributed by atoms with van der Waals surface area (Å²) in [5.41, 5.74) is 0.235. The number of hydrogen-bond donors (Lipinski definition) is 2. The van der Waals surface area contributed by atoms with Gasteiger partial charge in [-0.15, -0.1) is 0 Å². The van der Waals surface area contributed by atoms with E-state index in [1.807, 2.05) is 0 Å². The van der Waals surface area contributed by atoms with E-state index < -0.39 is 27.9 Å². The number of amides is 2. The SMILES string of the molecule is O=C1CN(S(=O)(=O)c2ccc(C(=O)N3CCCCC3C(=O)O)cc2)CCN1. The molecule has 10 heteroatoms. The molecular weight excluding hydrogens is 374 g/mol. The Morgan fingerprint density at radius 1 is 1.11 bits per heavy atom. The van der Waals surface area contributed by atoms with Gasteiger partial charge in [0.2, 0.25) is 15.9 Å². The molecule has 2 N–H and O–H groups in total. The molecule has 0 radical (unpaired) electrons. The van der Waals surface area contributed by atoms with Crippen molar-refractivity contribution in [3.8, 4) is 0 Å². The summed E-state index contributed by atoms with van der Waals surface area (Å²) in [6.07, 6.45) is 1.89. The van der Waals surface area contributed by atoms with Gasteiger partial charge in [0.15, 0.2) is 0 Å². The van der Waals surface area contributed by atoms with Crippen molar-refractivity contribution < 1.29 is 27.9 Å². The second kappa shape index (κ2) is 7.65. The number of likely N-dealkylation sites (tertiary alicyclic amines) is 1. The Hall–Kier alpha value is -2.46. The molecule has 0 aromatic heterocycles. The second-order valence-corrected chi connectivity index (χ2v) is 8.50. The lowest BCUT2D eigenvalue weighted by atomic mass is 10.0. The van der Waals surface area contributed by atoms with Crippen LogP contribution >= 0.6 is 0 Å². The van der Waals surface area contributed by atoms with Crippen LogP contribution in [0.4, 0.5) is 0 Å². The smallest absolute Gasteiger partial charge is 0.326 e. The van der Waals surface area contributed by atoms with Crippen LogP contribution in [-0.4, -0.2) is 72.7 Å². The molecule has 3 rings (SSSR count). The number of carboxylic acids is 1. The lowest BCUT2D eigenvalue weighted by Crippen LogP contribution is -2.49. The first-order valence-electron chi connectivity index (χ1n) is 8.71. The summed E-state index contributed by atoms with van der Waals surface area (Å²) in [6, 6.07) is 4.53. The molecule has 1 atom stereocenters. The highest BCUT2D eigenvalue weighted by atomic mass is 32.2. The number of nitrogens with zero attached hydrogens (tertiary/aromatic N) is 2. The number of carboxylic acid groups (broad SMARTS) is 1. The van der Waals surface area contributed by atoms with Gasteiger partial charge < -0.3 is 15.3 Å². The summed E-state index contributed by atoms with van der Waals surface area (Å²) in [4.78, 5) is 36.8. The van der Waals surface area contributed by atoms with Crippen molar-refractivity contribution in [3.63, 3.8) is 0 Å². The molecule has 2 fully saturated rings. The normalized spacial score (nSPS) is 21.6. The third-order valence-corrected chi connectivity index (χ3v) is 6.65. The van der Waals surface area contributed by atoms with E-state index in [-0.39, 0.29) is 36.0 Å². The quantitative estimate of drug-likeness (QED) is 0.733. The van der Waals surface area contributed by atoms with E-state index in [9.17, 15) is 27.9 Å². The molecule has 2 aliphatic rings. The minimum Gasteiger partial charge on any atom is -0.480 e. The van der Waals surface area contributed by atoms with E-state index >= 15 is 0 Å². The van der Waals surface area contributed by atoms with E-state index in [1.54, 1.807) is 0 Å². The maximum atomic E-state index is 12.7. The topological polar surface area (TPSA) is 124 Å². The van der Waals surface area contributed by atoms with Gasteiger partial charge in [0.1, 0.15) is 6.04 Å². The van der Waals surface area contributed by atoms with Gasteiger partial charge in [-0.25, -0.2) is 13.2 Å². The van der Waals surface area contributed by atoms with Gasteiger partial charge in [0.05, 0.1) is 11.4 Å². The zero-order valence-electron chi connectivity index (χ0n) is 14.6. The Bertz CT molecular complexity index is 852. The van der Waals surface area contributed by atoms with Crippen LogP contribution in [0, 0.1) is 0 Å². The van der Waals surface area contributed by atoms with Gasteiger partial charge in [0.25, 0.3) is 5.91 Å². The fourth-order valence-corrected chi connectivity index (χ4v) is 4.73. The molecule has 0 spiro atoms. The number of piperazine rings is 1. The Morgan fingerprint density at radius 3 is 2.44 bits per heavy atom. The van der Waals surface area contributed by atoms with Gasteiger partial charge in [-0.1, -0.05) is 0 Å². The summed E-state index contributed by atoms with van der Waals surface area (Å²) >= 11 is 0. The molecule has 2 amide bonds. The standard InChI is InChI=1S/C17H21N3O6S/c21-15-11-19(10-8-18-15)27(25,26)13-6-4-12(5-7-13)16(22)20-9-2-1-3-14(20)17(23)24/h4-7,14H,1-3,8-11H2,(H,18,21)(H,23,24). The molecule has 9 nitrogen and oxygen atoms in total. The molecule has 0 aliphatic carbocycles. The number of hydrogen-bond acceptors (Lipinski definition) is 5. The molecule has 2 saturated heterocycles. The molecule has 0 bridgehead atoms. The molecular formula is C17H21N3O6S. The largest absolute Gasteiger partial charge is 0.480 e. The van der Waals surface area contributed by atoms with Crippen LogP contribution in [0.15, 0.2) is 29.2 Å². The predicted octanol–water partition coefficient (Wildman–Crippen LogP) is -0.114. The summed E-state index contributed by atoms with van der Waals surface area (Å²) in [5, 5.41) is 11.9. The molecule has 1 aromatic carbocycles. The van der Waals surface area contributed by atoms with Crippen molar-refractivity contribution in [1.82, 2.24) is 14.5 Å². The Labute approximate surface area is 157 Å². The van der Waals surface area contributed by atoms with Crippen molar-refractivity contribution in [2.24, 2.45) is 0 Å². The predicted molar refractivity (Wildman–Crippen MR) is 94.5 cm³/mol. The summed E-state index contributed by atoms with van der Waals surface area (Å²) in [6.45, 7) is 0.554. The highest BCUT2D eigenvalue weighted by Crippen LogP contribution is 2.22. The second-order valence-electron chi connectivity index (χ2n) is 6.56. The third kappa shape index (κ3) is 3.96. The van der Waals surface area contributed by atoms with Gasteiger partial charge in [-0.05, 0) is 43.5 Å². The first-order chi connectivity index (χ1) is 12.8. The van der Waals surface area contributed by atoms with Crippen molar-refractivity contribution in [2.45, 2.75) is 30.2 Å². The van der Waals surface area contributed by atoms with Crippen molar-refractivity contribution >= 4 is 27.8 Å². The van der Waals surface area contributed by atoms with Crippen molar-refractivity contribution in [3.05, 3.63) is 29.8 Å². The molecule has 1 unspecified atom stereocenters. The van der Waals surface area contributed by atoms with Gasteiger partial charge >= 0.3 is 5.97 Å². The van der Waals surface area contributed by atoms with Gasteiger partial charge in [0, 0.05) is 25.2 Å². The summed E-state index contributed by atoms with van der Waals surface area (Å²) in [7, 11) is -3.83. The molecule has 1 aromatic rings. The van der Waals surface area contributed by atoms with Crippen LogP contribution < -0.4 is 5.32 Å². The zero-order valence-corrected chi connectivity index (χ0v) is 15.4. The molecule has 146 valence electrons. The van der Waals surface area contributed by atoms with Crippen LogP contribution in [0.3, 0.4) is 0 Å². The maximum absolute atomic E-state index is 12.7. The molecule has 2 heterocycles. The van der Waals surface area contributed by atoms with E-state index in [2.05, 4.69) is 5.32 Å². The zero-order chi connectivity index (χ0) is 19.6. The molecule has 0 saturated carbocycles. The van der Waals surface area contributed by atoms with E-state index in [1.165, 1.54) is 29.2 Å². The highest BCUT2D eigenvalue weighted by Gasteiger charge is 2.33. The van der Waals surface area contributed by atoms with Crippen molar-refractivity contribution in [1.29, 1.82) is 0 Å². The number of sulfonamides is 1. The Balaban J connectivity index is 1.79. The average molecular weight is 395 g/mol. The number of aliphatic carboxylic acids is 1. The number of carbonyl (C=O) groups is 3. The maximum Gasteiger partial charge on any atom is 0.326 e. The fraction of sp³-hybridized carbons (Fsp3) is 0.471. The number of benzene rings is 1. The van der Waals surface area contributed by atoms with Gasteiger partial charge in [-0.2, -0.15) is 4.31 Å². The van der Waals surface area contributed by atoms with E-state index in [4.69, 9.17) is 0 Å². The Kier molecular flexibility index (Phi) is 5.47. The Morgan fingerprint density at radius 2 is 1.81 bits per heavy atom. The van der Waals surface area contributed by atoms with Crippen LogP contribution in [0.25, 0.3) is 0 Å². The lowest BCUT2D eigenvalue weighted by Gasteiger charge is -2.33. The van der Waals surface area contributed by atoms with Gasteiger partial charge in [-0.3, -0.25) is 9.59 Å². The van der Waals surface area contributed by atoms with E-state index in [0.717, 1.165) is 17.1 Å². The third-order valence-electron chi connectivity index (χ3n) is 4.79. The number of piperidine rings is 1. The van der Waals surface area contributed by atoms with Crippen molar-refractivity contribution in [2.75, 3.05) is 26.2 Å². The summed E-state index contributed by atoms with van der Waals surface area (Å²) < 4.78 is 26.4. The lowest BCUT2D eigenvalue weighted by molar-refractivity contribution is -0.143. The monoisotopic (exact) mass is 395 g/mol. The van der Waals surface area contributed by atoms with Crippen LogP contribution in [-0.2, 0) is 19.6 Å². The average Bonchev–Trinajstić information content (AvgIpc) is 2.67. The summed E-state index contributed by atoms with van der Waals surface area (Å²) in [5.74, 6) is -1.82. The minimum absolute atomic E-state index is 0.0119.